The number of piperazine rings is 1. The fourth-order valence-electron chi connectivity index (χ4n) is 3.91. The largest absolute Gasteiger partial charge is 0.465 e. The minimum absolute atomic E-state index is 0.188. The summed E-state index contributed by atoms with van der Waals surface area (Å²) >= 11 is 1.54. The molecule has 4 rings (SSSR count). The molecule has 1 fully saturated rings. The zero-order chi connectivity index (χ0) is 22.3. The molecule has 3 N–H and O–H groups in total. The van der Waals surface area contributed by atoms with Crippen molar-refractivity contribution in [3.8, 4) is 11.3 Å². The lowest BCUT2D eigenvalue weighted by molar-refractivity contribution is -0.129. The van der Waals surface area contributed by atoms with Crippen LogP contribution in [-0.4, -0.2) is 61.1 Å². The van der Waals surface area contributed by atoms with E-state index in [0.717, 1.165) is 54.5 Å². The quantitative estimate of drug-likeness (QED) is 0.381. The second kappa shape index (κ2) is 10.6. The van der Waals surface area contributed by atoms with Gasteiger partial charge in [0, 0.05) is 38.3 Å². The van der Waals surface area contributed by atoms with Crippen LogP contribution in [0.4, 0.5) is 11.4 Å². The molecule has 0 amide bonds. The van der Waals surface area contributed by atoms with Crippen molar-refractivity contribution in [2.75, 3.05) is 50.9 Å². The summed E-state index contributed by atoms with van der Waals surface area (Å²) < 4.78 is 5.17. The second-order valence-corrected chi connectivity index (χ2v) is 8.95. The van der Waals surface area contributed by atoms with Crippen molar-refractivity contribution in [1.29, 1.82) is 0 Å². The zero-order valence-electron chi connectivity index (χ0n) is 18.2. The molecule has 0 radical (unpaired) electrons. The van der Waals surface area contributed by atoms with E-state index in [2.05, 4.69) is 39.3 Å². The molecule has 0 saturated carbocycles. The third-order valence-electron chi connectivity index (χ3n) is 5.74. The summed E-state index contributed by atoms with van der Waals surface area (Å²) in [6.07, 6.45) is 0. The summed E-state index contributed by atoms with van der Waals surface area (Å²) in [6.45, 7) is 5.83. The monoisotopic (exact) mass is 451 g/mol. The Morgan fingerprint density at radius 3 is 2.72 bits per heavy atom. The molecule has 8 heteroatoms. The third kappa shape index (κ3) is 5.45. The maximum atomic E-state index is 11.0. The van der Waals surface area contributed by atoms with E-state index in [-0.39, 0.29) is 12.6 Å². The number of nitrogens with zero attached hydrogens (tertiary/aromatic N) is 3. The predicted molar refractivity (Wildman–Crippen MR) is 130 cm³/mol. The minimum Gasteiger partial charge on any atom is -0.465 e. The van der Waals surface area contributed by atoms with Crippen LogP contribution >= 0.6 is 11.3 Å². The number of rotatable bonds is 9. The first-order valence-corrected chi connectivity index (χ1v) is 11.6. The number of carbonyl (C=O) groups excluding carboxylic acids is 1. The van der Waals surface area contributed by atoms with Gasteiger partial charge in [0.2, 0.25) is 0 Å². The second-order valence-electron chi connectivity index (χ2n) is 8.06. The van der Waals surface area contributed by atoms with Gasteiger partial charge in [0.15, 0.2) is 0 Å². The highest BCUT2D eigenvalue weighted by Gasteiger charge is 2.21. The van der Waals surface area contributed by atoms with Gasteiger partial charge in [0.25, 0.3) is 6.47 Å². The van der Waals surface area contributed by atoms with E-state index >= 15 is 0 Å². The lowest BCUT2D eigenvalue weighted by Crippen LogP contribution is -2.43. The van der Waals surface area contributed by atoms with Crippen molar-refractivity contribution in [3.63, 3.8) is 0 Å². The predicted octanol–water partition coefficient (Wildman–Crippen LogP) is 3.47. The average molecular weight is 452 g/mol. The fraction of sp³-hybridized carbons (Fsp3) is 0.333. The molecule has 1 aliphatic heterocycles. The van der Waals surface area contributed by atoms with Crippen molar-refractivity contribution in [3.05, 3.63) is 64.5 Å². The molecule has 0 aliphatic carbocycles. The van der Waals surface area contributed by atoms with Gasteiger partial charge in [-0.25, -0.2) is 4.98 Å². The summed E-state index contributed by atoms with van der Waals surface area (Å²) in [5.74, 6) is 0. The summed E-state index contributed by atoms with van der Waals surface area (Å²) in [5.41, 5.74) is 12.7. The van der Waals surface area contributed by atoms with Gasteiger partial charge in [-0.3, -0.25) is 9.69 Å². The van der Waals surface area contributed by atoms with Gasteiger partial charge in [-0.15, -0.1) is 11.3 Å². The average Bonchev–Trinajstić information content (AvgIpc) is 3.30. The highest BCUT2D eigenvalue weighted by Crippen LogP contribution is 2.34. The van der Waals surface area contributed by atoms with Gasteiger partial charge in [0.1, 0.15) is 6.61 Å². The van der Waals surface area contributed by atoms with Gasteiger partial charge in [0.05, 0.1) is 33.5 Å². The molecule has 32 heavy (non-hydrogen) atoms. The maximum absolute atomic E-state index is 11.0. The molecule has 1 aliphatic rings. The smallest absolute Gasteiger partial charge is 0.293 e. The fourth-order valence-corrected chi connectivity index (χ4v) is 4.76. The Kier molecular flexibility index (Phi) is 7.36. The third-order valence-corrected chi connectivity index (χ3v) is 6.68. The van der Waals surface area contributed by atoms with Gasteiger partial charge in [-0.1, -0.05) is 36.4 Å². The van der Waals surface area contributed by atoms with Crippen molar-refractivity contribution < 1.29 is 9.53 Å². The van der Waals surface area contributed by atoms with E-state index in [0.29, 0.717) is 12.2 Å². The van der Waals surface area contributed by atoms with Gasteiger partial charge < -0.3 is 20.7 Å². The number of benzene rings is 2. The number of hydrogen-bond acceptors (Lipinski definition) is 8. The van der Waals surface area contributed by atoms with Gasteiger partial charge in [-0.2, -0.15) is 0 Å². The van der Waals surface area contributed by atoms with E-state index in [1.807, 2.05) is 41.9 Å². The maximum Gasteiger partial charge on any atom is 0.293 e. The highest BCUT2D eigenvalue weighted by molar-refractivity contribution is 7.10. The number of likely N-dealkylation sites (N-methyl/N-ethyl adjacent to an activating group) is 1. The molecule has 1 aromatic heterocycles. The van der Waals surface area contributed by atoms with Crippen molar-refractivity contribution in [2.45, 2.75) is 12.6 Å². The van der Waals surface area contributed by atoms with Crippen LogP contribution < -0.4 is 11.1 Å². The van der Waals surface area contributed by atoms with Crippen LogP contribution in [0.25, 0.3) is 11.3 Å². The number of carbonyl (C=O) groups is 1. The summed E-state index contributed by atoms with van der Waals surface area (Å²) in [5, 5.41) is 3.51. The Balaban J connectivity index is 1.56. The SMILES string of the molecule is CN1CCN(Cc2ccc(N)c(NC(COC=O)c3scnc3-c3ccccc3)c2)CC1. The number of nitrogens with one attached hydrogen (secondary N) is 1. The highest BCUT2D eigenvalue weighted by atomic mass is 32.1. The Bertz CT molecular complexity index is 1020. The van der Waals surface area contributed by atoms with E-state index in [4.69, 9.17) is 10.5 Å². The first kappa shape index (κ1) is 22.3. The molecular weight excluding hydrogens is 422 g/mol. The molecule has 3 aromatic rings. The van der Waals surface area contributed by atoms with Crippen molar-refractivity contribution >= 4 is 29.2 Å². The topological polar surface area (TPSA) is 83.7 Å². The van der Waals surface area contributed by atoms with Crippen LogP contribution in [-0.2, 0) is 16.1 Å². The van der Waals surface area contributed by atoms with Crippen LogP contribution in [0.3, 0.4) is 0 Å². The first-order valence-electron chi connectivity index (χ1n) is 10.7. The molecule has 1 unspecified atom stereocenters. The number of anilines is 2. The Hall–Kier alpha value is -2.94. The number of hydrogen-bond donors (Lipinski definition) is 2. The normalized spacial score (nSPS) is 15.9. The van der Waals surface area contributed by atoms with E-state index in [1.165, 1.54) is 16.9 Å². The molecular formula is C24H29N5O2S. The molecule has 2 aromatic carbocycles. The van der Waals surface area contributed by atoms with Gasteiger partial charge >= 0.3 is 0 Å². The van der Waals surface area contributed by atoms with Crippen LogP contribution in [0.15, 0.2) is 54.0 Å². The van der Waals surface area contributed by atoms with Crippen molar-refractivity contribution in [1.82, 2.24) is 14.8 Å². The Morgan fingerprint density at radius 2 is 1.97 bits per heavy atom. The van der Waals surface area contributed by atoms with Crippen LogP contribution in [0, 0.1) is 0 Å². The number of thiazole rings is 1. The number of ether oxygens (including phenoxy) is 1. The molecule has 168 valence electrons. The van der Waals surface area contributed by atoms with Crippen LogP contribution in [0.2, 0.25) is 0 Å². The summed E-state index contributed by atoms with van der Waals surface area (Å²) in [6, 6.07) is 15.9. The lowest BCUT2D eigenvalue weighted by Gasteiger charge is -2.32. The lowest BCUT2D eigenvalue weighted by atomic mass is 10.1. The minimum atomic E-state index is -0.260. The molecule has 0 spiro atoms. The molecule has 0 bridgehead atoms. The summed E-state index contributed by atoms with van der Waals surface area (Å²) in [4.78, 5) is 21.3. The number of nitrogen functional groups attached to an aromatic ring is 1. The van der Waals surface area contributed by atoms with Crippen LogP contribution in [0.5, 0.6) is 0 Å². The number of aromatic nitrogens is 1. The zero-order valence-corrected chi connectivity index (χ0v) is 19.1. The van der Waals surface area contributed by atoms with Gasteiger partial charge in [-0.05, 0) is 24.7 Å². The standard InChI is InChI=1S/C24H29N5O2S/c1-28-9-11-29(12-10-28)14-18-7-8-20(25)21(13-18)27-22(15-31-17-30)24-23(26-16-32-24)19-5-3-2-4-6-19/h2-8,13,16-17,22,27H,9-12,14-15,25H2,1H3. The van der Waals surface area contributed by atoms with E-state index in [9.17, 15) is 4.79 Å². The van der Waals surface area contributed by atoms with Crippen molar-refractivity contribution in [2.24, 2.45) is 0 Å². The molecule has 1 saturated heterocycles. The van der Waals surface area contributed by atoms with Crippen LogP contribution in [0.1, 0.15) is 16.5 Å². The van der Waals surface area contributed by atoms with E-state index < -0.39 is 0 Å². The molecule has 2 heterocycles. The molecule has 1 atom stereocenters. The summed E-state index contributed by atoms with van der Waals surface area (Å²) in [7, 11) is 2.16. The molecule has 7 nitrogen and oxygen atoms in total. The first-order chi connectivity index (χ1) is 15.6. The number of nitrogens with two attached hydrogens (primary N) is 1. The Labute approximate surface area is 192 Å². The van der Waals surface area contributed by atoms with E-state index in [1.54, 1.807) is 0 Å². The Morgan fingerprint density at radius 1 is 1.19 bits per heavy atom.